The van der Waals surface area contributed by atoms with Crippen molar-refractivity contribution in [1.82, 2.24) is 0 Å². The molecule has 2 aromatic carbocycles. The average Bonchev–Trinajstić information content (AvgIpc) is 2.36. The average molecular weight is 321 g/mol. The maximum absolute atomic E-state index is 13.4. The van der Waals surface area contributed by atoms with E-state index < -0.39 is 5.82 Å². The van der Waals surface area contributed by atoms with Crippen molar-refractivity contribution < 1.29 is 9.13 Å². The molecule has 0 bridgehead atoms. The molecule has 0 heterocycles. The summed E-state index contributed by atoms with van der Waals surface area (Å²) in [5.74, 6) is 0.296. The Labute approximate surface area is 118 Å². The van der Waals surface area contributed by atoms with Crippen molar-refractivity contribution in [2.45, 2.75) is 6.92 Å². The van der Waals surface area contributed by atoms with Crippen LogP contribution in [0.1, 0.15) is 11.1 Å². The van der Waals surface area contributed by atoms with Crippen LogP contribution in [-0.4, -0.2) is 0 Å². The number of aryl methyl sites for hydroxylation is 1. The minimum absolute atomic E-state index is 0.241. The first-order chi connectivity index (χ1) is 9.01. The minimum Gasteiger partial charge on any atom is -0.455 e. The lowest BCUT2D eigenvalue weighted by Gasteiger charge is -2.10. The van der Waals surface area contributed by atoms with E-state index in [1.165, 1.54) is 12.1 Å². The van der Waals surface area contributed by atoms with Crippen LogP contribution in [0.5, 0.6) is 11.5 Å². The molecule has 0 aliphatic carbocycles. The fraction of sp³-hybridized carbons (Fsp3) is 0.0714. The number of nitriles is 1. The van der Waals surface area contributed by atoms with E-state index >= 15 is 0 Å². The maximum atomic E-state index is 13.4. The highest BCUT2D eigenvalue weighted by Crippen LogP contribution is 2.32. The maximum Gasteiger partial charge on any atom is 0.153 e. The molecule has 19 heavy (non-hydrogen) atoms. The molecule has 0 unspecified atom stereocenters. The van der Waals surface area contributed by atoms with Gasteiger partial charge in [-0.25, -0.2) is 4.39 Å². The number of anilines is 1. The zero-order chi connectivity index (χ0) is 14.0. The first kappa shape index (κ1) is 13.4. The number of nitrogen functional groups attached to an aromatic ring is 1. The Kier molecular flexibility index (Phi) is 3.72. The van der Waals surface area contributed by atoms with Gasteiger partial charge in [0, 0.05) is 6.07 Å². The standard InChI is InChI=1S/C14H10BrFN2O/c1-8-4-10(3-2-9(8)7-17)19-14-6-12(16)11(15)5-13(14)18/h2-6H,18H2,1H3. The normalized spacial score (nSPS) is 10.0. The van der Waals surface area contributed by atoms with Crippen LogP contribution < -0.4 is 10.5 Å². The van der Waals surface area contributed by atoms with E-state index in [0.29, 0.717) is 17.0 Å². The fourth-order valence-corrected chi connectivity index (χ4v) is 1.95. The van der Waals surface area contributed by atoms with Crippen molar-refractivity contribution in [2.24, 2.45) is 0 Å². The number of rotatable bonds is 2. The highest BCUT2D eigenvalue weighted by Gasteiger charge is 2.09. The lowest BCUT2D eigenvalue weighted by atomic mass is 10.1. The van der Waals surface area contributed by atoms with E-state index in [2.05, 4.69) is 22.0 Å². The predicted molar refractivity (Wildman–Crippen MR) is 74.5 cm³/mol. The van der Waals surface area contributed by atoms with Gasteiger partial charge < -0.3 is 10.5 Å². The van der Waals surface area contributed by atoms with Crippen LogP contribution >= 0.6 is 15.9 Å². The molecule has 0 amide bonds. The van der Waals surface area contributed by atoms with Gasteiger partial charge in [0.1, 0.15) is 11.6 Å². The molecule has 0 fully saturated rings. The Morgan fingerprint density at radius 1 is 1.32 bits per heavy atom. The van der Waals surface area contributed by atoms with E-state index in [0.717, 1.165) is 5.56 Å². The van der Waals surface area contributed by atoms with Crippen LogP contribution in [-0.2, 0) is 0 Å². The first-order valence-corrected chi connectivity index (χ1v) is 6.23. The Bertz CT molecular complexity index is 680. The van der Waals surface area contributed by atoms with Gasteiger partial charge >= 0.3 is 0 Å². The Morgan fingerprint density at radius 2 is 2.05 bits per heavy atom. The van der Waals surface area contributed by atoms with Gasteiger partial charge in [-0.1, -0.05) is 0 Å². The van der Waals surface area contributed by atoms with Gasteiger partial charge in [-0.3, -0.25) is 0 Å². The van der Waals surface area contributed by atoms with Gasteiger partial charge in [-0.05, 0) is 52.7 Å². The van der Waals surface area contributed by atoms with Crippen molar-refractivity contribution in [3.05, 3.63) is 51.7 Å². The highest BCUT2D eigenvalue weighted by molar-refractivity contribution is 9.10. The van der Waals surface area contributed by atoms with Gasteiger partial charge in [-0.2, -0.15) is 5.26 Å². The topological polar surface area (TPSA) is 59.0 Å². The molecule has 0 aromatic heterocycles. The molecule has 0 saturated carbocycles. The number of hydrogen-bond acceptors (Lipinski definition) is 3. The molecule has 3 nitrogen and oxygen atoms in total. The molecule has 0 aliphatic rings. The molecular weight excluding hydrogens is 311 g/mol. The minimum atomic E-state index is -0.449. The number of halogens is 2. The zero-order valence-corrected chi connectivity index (χ0v) is 11.7. The van der Waals surface area contributed by atoms with Gasteiger partial charge in [0.05, 0.1) is 21.8 Å². The lowest BCUT2D eigenvalue weighted by molar-refractivity contribution is 0.478. The largest absolute Gasteiger partial charge is 0.455 e. The third kappa shape index (κ3) is 2.85. The summed E-state index contributed by atoms with van der Waals surface area (Å²) in [6.07, 6.45) is 0. The zero-order valence-electron chi connectivity index (χ0n) is 10.1. The summed E-state index contributed by atoms with van der Waals surface area (Å²) in [6, 6.07) is 9.73. The molecule has 0 radical (unpaired) electrons. The van der Waals surface area contributed by atoms with E-state index in [-0.39, 0.29) is 10.2 Å². The van der Waals surface area contributed by atoms with Crippen molar-refractivity contribution in [2.75, 3.05) is 5.73 Å². The van der Waals surface area contributed by atoms with Gasteiger partial charge in [0.2, 0.25) is 0 Å². The quantitative estimate of drug-likeness (QED) is 0.846. The molecule has 2 rings (SSSR count). The van der Waals surface area contributed by atoms with E-state index in [1.54, 1.807) is 25.1 Å². The smallest absolute Gasteiger partial charge is 0.153 e. The third-order valence-electron chi connectivity index (χ3n) is 2.60. The number of benzene rings is 2. The van der Waals surface area contributed by atoms with Crippen LogP contribution in [0, 0.1) is 24.1 Å². The number of hydrogen-bond donors (Lipinski definition) is 1. The van der Waals surface area contributed by atoms with Crippen molar-refractivity contribution >= 4 is 21.6 Å². The van der Waals surface area contributed by atoms with Crippen molar-refractivity contribution in [3.63, 3.8) is 0 Å². The number of nitrogens with zero attached hydrogens (tertiary/aromatic N) is 1. The van der Waals surface area contributed by atoms with Crippen molar-refractivity contribution in [1.29, 1.82) is 5.26 Å². The third-order valence-corrected chi connectivity index (χ3v) is 3.21. The van der Waals surface area contributed by atoms with E-state index in [4.69, 9.17) is 15.7 Å². The molecule has 96 valence electrons. The molecule has 2 N–H and O–H groups in total. The summed E-state index contributed by atoms with van der Waals surface area (Å²) in [5, 5.41) is 8.84. The van der Waals surface area contributed by atoms with Gasteiger partial charge in [0.15, 0.2) is 5.75 Å². The summed E-state index contributed by atoms with van der Waals surface area (Å²) in [4.78, 5) is 0. The van der Waals surface area contributed by atoms with E-state index in [1.807, 2.05) is 0 Å². The van der Waals surface area contributed by atoms with Crippen LogP contribution in [0.15, 0.2) is 34.8 Å². The molecular formula is C14H10BrFN2O. The molecule has 5 heteroatoms. The van der Waals surface area contributed by atoms with Gasteiger partial charge in [-0.15, -0.1) is 0 Å². The fourth-order valence-electron chi connectivity index (χ4n) is 1.58. The second-order valence-electron chi connectivity index (χ2n) is 3.99. The SMILES string of the molecule is Cc1cc(Oc2cc(F)c(Br)cc2N)ccc1C#N. The molecule has 0 spiro atoms. The second kappa shape index (κ2) is 5.29. The predicted octanol–water partition coefficient (Wildman–Crippen LogP) is 4.14. The first-order valence-electron chi connectivity index (χ1n) is 5.44. The molecule has 2 aromatic rings. The molecule has 0 aliphatic heterocycles. The molecule has 0 saturated heterocycles. The van der Waals surface area contributed by atoms with Crippen LogP contribution in [0.3, 0.4) is 0 Å². The second-order valence-corrected chi connectivity index (χ2v) is 4.85. The summed E-state index contributed by atoms with van der Waals surface area (Å²) in [7, 11) is 0. The highest BCUT2D eigenvalue weighted by atomic mass is 79.9. The summed E-state index contributed by atoms with van der Waals surface area (Å²) in [5.41, 5.74) is 7.45. The Hall–Kier alpha value is -2.06. The molecule has 0 atom stereocenters. The number of nitrogens with two attached hydrogens (primary N) is 1. The summed E-state index contributed by atoms with van der Waals surface area (Å²) in [6.45, 7) is 1.80. The lowest BCUT2D eigenvalue weighted by Crippen LogP contribution is -1.94. The monoisotopic (exact) mass is 320 g/mol. The van der Waals surface area contributed by atoms with Gasteiger partial charge in [0.25, 0.3) is 0 Å². The summed E-state index contributed by atoms with van der Waals surface area (Å²) >= 11 is 3.05. The van der Waals surface area contributed by atoms with Crippen LogP contribution in [0.25, 0.3) is 0 Å². The van der Waals surface area contributed by atoms with E-state index in [9.17, 15) is 4.39 Å². The van der Waals surface area contributed by atoms with Crippen molar-refractivity contribution in [3.8, 4) is 17.6 Å². The Morgan fingerprint density at radius 3 is 2.68 bits per heavy atom. The van der Waals surface area contributed by atoms with Crippen LogP contribution in [0.4, 0.5) is 10.1 Å². The number of ether oxygens (including phenoxy) is 1. The Balaban J connectivity index is 2.34. The summed E-state index contributed by atoms with van der Waals surface area (Å²) < 4.78 is 19.2. The van der Waals surface area contributed by atoms with Crippen LogP contribution in [0.2, 0.25) is 0 Å².